The van der Waals surface area contributed by atoms with Gasteiger partial charge in [-0.05, 0) is 43.3 Å². The van der Waals surface area contributed by atoms with Crippen LogP contribution in [-0.4, -0.2) is 36.9 Å². The molecule has 4 rings (SSSR count). The molecule has 0 aromatic heterocycles. The normalized spacial score (nSPS) is 14.1. The lowest BCUT2D eigenvalue weighted by Crippen LogP contribution is -2.21. The molecule has 3 aromatic carbocycles. The van der Waals surface area contributed by atoms with Gasteiger partial charge < -0.3 is 14.2 Å². The van der Waals surface area contributed by atoms with Gasteiger partial charge in [0.05, 0.1) is 29.0 Å². The van der Waals surface area contributed by atoms with Crippen LogP contribution in [0.4, 0.5) is 11.4 Å². The minimum absolute atomic E-state index is 0.116. The van der Waals surface area contributed by atoms with E-state index in [1.54, 1.807) is 44.4 Å². The molecule has 1 aliphatic heterocycles. The Bertz CT molecular complexity index is 1300. The molecular weight excluding hydrogens is 450 g/mol. The number of methoxy groups -OCH3 is 1. The van der Waals surface area contributed by atoms with Crippen molar-refractivity contribution in [1.29, 1.82) is 0 Å². The Morgan fingerprint density at radius 1 is 0.943 bits per heavy atom. The van der Waals surface area contributed by atoms with E-state index in [1.165, 1.54) is 23.2 Å². The maximum absolute atomic E-state index is 13.1. The van der Waals surface area contributed by atoms with Crippen molar-refractivity contribution in [3.63, 3.8) is 0 Å². The lowest BCUT2D eigenvalue weighted by Gasteiger charge is -2.13. The van der Waals surface area contributed by atoms with Crippen molar-refractivity contribution in [2.75, 3.05) is 25.3 Å². The topological polar surface area (TPSA) is 104 Å². The Kier molecular flexibility index (Phi) is 7.06. The largest absolute Gasteiger partial charge is 0.493 e. The number of rotatable bonds is 9. The first-order valence-corrected chi connectivity index (χ1v) is 10.8. The third-order valence-corrected chi connectivity index (χ3v) is 5.23. The summed E-state index contributed by atoms with van der Waals surface area (Å²) in [5.41, 5.74) is 1.73. The van der Waals surface area contributed by atoms with E-state index in [2.05, 4.69) is 5.10 Å². The number of ether oxygens (including phenoxy) is 3. The van der Waals surface area contributed by atoms with E-state index >= 15 is 0 Å². The number of nitrogens with zero attached hydrogens (tertiary/aromatic N) is 3. The van der Waals surface area contributed by atoms with Crippen LogP contribution in [0.3, 0.4) is 0 Å². The van der Waals surface area contributed by atoms with Crippen molar-refractivity contribution >= 4 is 29.1 Å². The summed E-state index contributed by atoms with van der Waals surface area (Å²) in [7, 11) is 1.56. The molecule has 0 bridgehead atoms. The first-order valence-electron chi connectivity index (χ1n) is 10.8. The summed E-state index contributed by atoms with van der Waals surface area (Å²) in [4.78, 5) is 23.9. The molecule has 1 amide bonds. The summed E-state index contributed by atoms with van der Waals surface area (Å²) >= 11 is 0. The highest BCUT2D eigenvalue weighted by Gasteiger charge is 2.29. The predicted octanol–water partition coefficient (Wildman–Crippen LogP) is 4.87. The maximum atomic E-state index is 13.1. The van der Waals surface area contributed by atoms with Crippen molar-refractivity contribution in [1.82, 2.24) is 0 Å². The standard InChI is InChI=1S/C26H23N3O6/c1-18-22(26(30)28(27-18)20-8-4-3-5-9-20)17-19-16-21(29(31)32)12-13-23(19)34-14-15-35-25-11-7-6-10-24(25)33-2/h3-13,16-17H,14-15H2,1-2H3/b22-17-. The minimum atomic E-state index is -0.496. The van der Waals surface area contributed by atoms with Crippen LogP contribution in [0.15, 0.2) is 83.5 Å². The summed E-state index contributed by atoms with van der Waals surface area (Å²) in [6.07, 6.45) is 1.56. The molecule has 0 aliphatic carbocycles. The molecule has 0 radical (unpaired) electrons. The third kappa shape index (κ3) is 5.30. The molecule has 9 nitrogen and oxygen atoms in total. The highest BCUT2D eigenvalue weighted by Crippen LogP contribution is 2.30. The van der Waals surface area contributed by atoms with Crippen molar-refractivity contribution in [3.8, 4) is 17.2 Å². The molecule has 35 heavy (non-hydrogen) atoms. The number of nitro groups is 1. The number of benzene rings is 3. The quantitative estimate of drug-likeness (QED) is 0.190. The molecule has 9 heteroatoms. The molecule has 0 atom stereocenters. The van der Waals surface area contributed by atoms with Gasteiger partial charge in [0, 0.05) is 17.7 Å². The van der Waals surface area contributed by atoms with Crippen LogP contribution in [0.5, 0.6) is 17.2 Å². The van der Waals surface area contributed by atoms with Gasteiger partial charge in [-0.15, -0.1) is 0 Å². The lowest BCUT2D eigenvalue weighted by atomic mass is 10.1. The van der Waals surface area contributed by atoms with Gasteiger partial charge in [-0.1, -0.05) is 30.3 Å². The van der Waals surface area contributed by atoms with Crippen molar-refractivity contribution in [3.05, 3.63) is 94.0 Å². The molecule has 0 saturated carbocycles. The van der Waals surface area contributed by atoms with Crippen LogP contribution >= 0.6 is 0 Å². The van der Waals surface area contributed by atoms with E-state index in [0.29, 0.717) is 39.8 Å². The summed E-state index contributed by atoms with van der Waals surface area (Å²) in [6, 6.07) is 20.5. The fourth-order valence-corrected chi connectivity index (χ4v) is 3.52. The molecule has 1 heterocycles. The van der Waals surface area contributed by atoms with Gasteiger partial charge in [0.1, 0.15) is 19.0 Å². The molecule has 178 valence electrons. The van der Waals surface area contributed by atoms with Gasteiger partial charge in [0.25, 0.3) is 11.6 Å². The molecule has 1 aliphatic rings. The average Bonchev–Trinajstić information content (AvgIpc) is 3.16. The molecular formula is C26H23N3O6. The molecule has 0 N–H and O–H groups in total. The second kappa shape index (κ2) is 10.5. The Morgan fingerprint density at radius 2 is 1.60 bits per heavy atom. The summed E-state index contributed by atoms with van der Waals surface area (Å²) in [5, 5.41) is 17.0. The first kappa shape index (κ1) is 23.5. The number of carbonyl (C=O) groups is 1. The molecule has 0 unspecified atom stereocenters. The average molecular weight is 473 g/mol. The van der Waals surface area contributed by atoms with E-state index in [9.17, 15) is 14.9 Å². The van der Waals surface area contributed by atoms with E-state index in [4.69, 9.17) is 14.2 Å². The highest BCUT2D eigenvalue weighted by atomic mass is 16.6. The SMILES string of the molecule is COc1ccccc1OCCOc1ccc([N+](=O)[O-])cc1/C=C1\C(=O)N(c2ccccc2)N=C1C. The Balaban J connectivity index is 1.54. The van der Waals surface area contributed by atoms with Crippen LogP contribution < -0.4 is 19.2 Å². The number of nitro benzene ring substituents is 1. The Morgan fingerprint density at radius 3 is 2.29 bits per heavy atom. The number of carbonyl (C=O) groups excluding carboxylic acids is 1. The van der Waals surface area contributed by atoms with Gasteiger partial charge in [-0.2, -0.15) is 10.1 Å². The zero-order valence-corrected chi connectivity index (χ0v) is 19.2. The van der Waals surface area contributed by atoms with Crippen molar-refractivity contribution in [2.45, 2.75) is 6.92 Å². The van der Waals surface area contributed by atoms with Gasteiger partial charge in [-0.3, -0.25) is 14.9 Å². The monoisotopic (exact) mass is 473 g/mol. The summed E-state index contributed by atoms with van der Waals surface area (Å²) < 4.78 is 16.9. The van der Waals surface area contributed by atoms with Crippen LogP contribution in [0.2, 0.25) is 0 Å². The van der Waals surface area contributed by atoms with Gasteiger partial charge in [-0.25, -0.2) is 0 Å². The second-order valence-electron chi connectivity index (χ2n) is 7.52. The fourth-order valence-electron chi connectivity index (χ4n) is 3.52. The zero-order chi connectivity index (χ0) is 24.8. The van der Waals surface area contributed by atoms with Crippen LogP contribution in [0.25, 0.3) is 6.08 Å². The fraction of sp³-hybridized carbons (Fsp3) is 0.154. The maximum Gasteiger partial charge on any atom is 0.280 e. The van der Waals surface area contributed by atoms with E-state index in [0.717, 1.165) is 0 Å². The minimum Gasteiger partial charge on any atom is -0.493 e. The van der Waals surface area contributed by atoms with E-state index in [1.807, 2.05) is 30.3 Å². The summed E-state index contributed by atoms with van der Waals surface area (Å²) in [5.74, 6) is 1.23. The van der Waals surface area contributed by atoms with E-state index < -0.39 is 4.92 Å². The van der Waals surface area contributed by atoms with Crippen molar-refractivity contribution in [2.24, 2.45) is 5.10 Å². The lowest BCUT2D eigenvalue weighted by molar-refractivity contribution is -0.384. The second-order valence-corrected chi connectivity index (χ2v) is 7.52. The highest BCUT2D eigenvalue weighted by molar-refractivity contribution is 6.32. The number of hydrogen-bond donors (Lipinski definition) is 0. The predicted molar refractivity (Wildman–Crippen MR) is 132 cm³/mol. The Labute approximate surface area is 202 Å². The van der Waals surface area contributed by atoms with Crippen LogP contribution in [0.1, 0.15) is 12.5 Å². The Hall–Kier alpha value is -4.66. The number of hydrogen-bond acceptors (Lipinski definition) is 7. The van der Waals surface area contributed by atoms with Gasteiger partial charge >= 0.3 is 0 Å². The van der Waals surface area contributed by atoms with E-state index in [-0.39, 0.29) is 24.8 Å². The number of amides is 1. The van der Waals surface area contributed by atoms with Crippen molar-refractivity contribution < 1.29 is 23.9 Å². The summed E-state index contributed by atoms with van der Waals surface area (Å²) in [6.45, 7) is 2.10. The first-order chi connectivity index (χ1) is 17.0. The number of anilines is 1. The van der Waals surface area contributed by atoms with Gasteiger partial charge in [0.2, 0.25) is 0 Å². The zero-order valence-electron chi connectivity index (χ0n) is 19.2. The molecule has 3 aromatic rings. The van der Waals surface area contributed by atoms with Crippen LogP contribution in [-0.2, 0) is 4.79 Å². The third-order valence-electron chi connectivity index (χ3n) is 5.23. The molecule has 0 spiro atoms. The number of para-hydroxylation sites is 3. The number of non-ortho nitro benzene ring substituents is 1. The van der Waals surface area contributed by atoms with Crippen LogP contribution in [0, 0.1) is 10.1 Å². The van der Waals surface area contributed by atoms with Gasteiger partial charge in [0.15, 0.2) is 11.5 Å². The molecule has 0 saturated heterocycles. The number of hydrazone groups is 1. The molecule has 0 fully saturated rings. The smallest absolute Gasteiger partial charge is 0.280 e.